The van der Waals surface area contributed by atoms with Crippen LogP contribution in [0.4, 0.5) is 0 Å². The number of aryl methyl sites for hydroxylation is 2. The molecule has 0 bridgehead atoms. The van der Waals surface area contributed by atoms with Crippen LogP contribution in [-0.4, -0.2) is 40.2 Å². The van der Waals surface area contributed by atoms with Crippen molar-refractivity contribution in [3.05, 3.63) is 64.7 Å². The third kappa shape index (κ3) is 5.17. The highest BCUT2D eigenvalue weighted by Gasteiger charge is 2.35. The molecule has 0 radical (unpaired) electrons. The zero-order valence-corrected chi connectivity index (χ0v) is 19.7. The van der Waals surface area contributed by atoms with Crippen molar-refractivity contribution in [2.24, 2.45) is 10.1 Å². The highest BCUT2D eigenvalue weighted by Crippen LogP contribution is 2.31. The molecule has 2 aromatic rings. The molecule has 2 aromatic carbocycles. The Labute approximate surface area is 197 Å². The molecule has 1 N–H and O–H groups in total. The molecule has 2 aliphatic heterocycles. The van der Waals surface area contributed by atoms with E-state index in [0.717, 1.165) is 23.6 Å². The van der Waals surface area contributed by atoms with Gasteiger partial charge in [-0.2, -0.15) is 15.1 Å². The molecule has 170 valence electrons. The molecule has 33 heavy (non-hydrogen) atoms. The number of amidine groups is 2. The topological polar surface area (TPSA) is 87.3 Å². The number of amides is 1. The Bertz CT molecular complexity index is 1190. The lowest BCUT2D eigenvalue weighted by atomic mass is 10.1. The zero-order valence-electron chi connectivity index (χ0n) is 18.9. The Kier molecular flexibility index (Phi) is 6.93. The van der Waals surface area contributed by atoms with E-state index in [1.807, 2.05) is 42.5 Å². The summed E-state index contributed by atoms with van der Waals surface area (Å²) in [6.45, 7) is 6.91. The van der Waals surface area contributed by atoms with Crippen LogP contribution in [0.2, 0.25) is 0 Å². The summed E-state index contributed by atoms with van der Waals surface area (Å²) in [7, 11) is 0. The van der Waals surface area contributed by atoms with Crippen molar-refractivity contribution in [3.8, 4) is 11.5 Å². The normalized spacial score (nSPS) is 16.6. The van der Waals surface area contributed by atoms with E-state index in [1.165, 1.54) is 27.9 Å². The van der Waals surface area contributed by atoms with Crippen molar-refractivity contribution in [1.29, 1.82) is 5.41 Å². The number of para-hydroxylation sites is 1. The van der Waals surface area contributed by atoms with Gasteiger partial charge in [0.15, 0.2) is 5.84 Å². The Morgan fingerprint density at radius 1 is 1.09 bits per heavy atom. The van der Waals surface area contributed by atoms with Crippen molar-refractivity contribution in [2.75, 3.05) is 13.2 Å². The fourth-order valence-electron chi connectivity index (χ4n) is 3.35. The zero-order chi connectivity index (χ0) is 23.4. The molecular formula is C25H26N4O3S. The van der Waals surface area contributed by atoms with Crippen LogP contribution in [0.1, 0.15) is 36.5 Å². The third-order valence-electron chi connectivity index (χ3n) is 5.27. The summed E-state index contributed by atoms with van der Waals surface area (Å²) < 4.78 is 11.7. The van der Waals surface area contributed by atoms with Crippen LogP contribution in [0.25, 0.3) is 6.08 Å². The number of hydrazone groups is 1. The van der Waals surface area contributed by atoms with Gasteiger partial charge in [0.2, 0.25) is 5.17 Å². The first-order valence-electron chi connectivity index (χ1n) is 10.9. The van der Waals surface area contributed by atoms with Gasteiger partial charge in [0.25, 0.3) is 5.91 Å². The van der Waals surface area contributed by atoms with Crippen LogP contribution >= 0.6 is 11.8 Å². The minimum Gasteiger partial charge on any atom is -0.490 e. The van der Waals surface area contributed by atoms with E-state index < -0.39 is 5.91 Å². The van der Waals surface area contributed by atoms with Crippen LogP contribution < -0.4 is 9.47 Å². The van der Waals surface area contributed by atoms with E-state index in [1.54, 1.807) is 6.08 Å². The van der Waals surface area contributed by atoms with Crippen molar-refractivity contribution < 1.29 is 14.3 Å². The van der Waals surface area contributed by atoms with E-state index in [-0.39, 0.29) is 11.4 Å². The number of carbonyl (C=O) groups excluding carboxylic acids is 1. The van der Waals surface area contributed by atoms with Crippen LogP contribution in [-0.2, 0) is 4.79 Å². The number of benzene rings is 2. The number of thioether (sulfide) groups is 1. The molecule has 0 saturated heterocycles. The number of hydrogen-bond acceptors (Lipinski definition) is 6. The minimum absolute atomic E-state index is 0.0245. The summed E-state index contributed by atoms with van der Waals surface area (Å²) in [6.07, 6.45) is 3.37. The van der Waals surface area contributed by atoms with Gasteiger partial charge >= 0.3 is 0 Å². The Balaban J connectivity index is 1.45. The van der Waals surface area contributed by atoms with E-state index in [4.69, 9.17) is 14.9 Å². The van der Waals surface area contributed by atoms with E-state index >= 15 is 0 Å². The molecular weight excluding hydrogens is 436 g/mol. The van der Waals surface area contributed by atoms with Gasteiger partial charge < -0.3 is 9.47 Å². The highest BCUT2D eigenvalue weighted by molar-refractivity contribution is 8.26. The van der Waals surface area contributed by atoms with Crippen molar-refractivity contribution in [1.82, 2.24) is 5.01 Å². The number of nitrogens with one attached hydrogen (secondary N) is 1. The summed E-state index contributed by atoms with van der Waals surface area (Å²) in [5.41, 5.74) is 3.28. The molecule has 0 fully saturated rings. The van der Waals surface area contributed by atoms with Crippen molar-refractivity contribution >= 4 is 39.8 Å². The maximum atomic E-state index is 12.6. The number of ether oxygens (including phenoxy) is 2. The molecule has 4 rings (SSSR count). The van der Waals surface area contributed by atoms with Crippen molar-refractivity contribution in [2.45, 2.75) is 33.6 Å². The fourth-order valence-corrected chi connectivity index (χ4v) is 4.33. The van der Waals surface area contributed by atoms with Gasteiger partial charge in [-0.05, 0) is 73.9 Å². The van der Waals surface area contributed by atoms with E-state index in [9.17, 15) is 4.79 Å². The Morgan fingerprint density at radius 2 is 1.88 bits per heavy atom. The second kappa shape index (κ2) is 10.0. The lowest BCUT2D eigenvalue weighted by Crippen LogP contribution is -2.35. The molecule has 0 aliphatic carbocycles. The van der Waals surface area contributed by atoms with Gasteiger partial charge in [-0.25, -0.2) is 0 Å². The second-order valence-electron chi connectivity index (χ2n) is 7.74. The molecule has 0 saturated carbocycles. The third-order valence-corrected chi connectivity index (χ3v) is 6.24. The predicted octanol–water partition coefficient (Wildman–Crippen LogP) is 5.18. The first kappa shape index (κ1) is 22.8. The van der Waals surface area contributed by atoms with Gasteiger partial charge in [0, 0.05) is 5.56 Å². The molecule has 2 aliphatic rings. The molecule has 0 aromatic heterocycles. The highest BCUT2D eigenvalue weighted by atomic mass is 32.2. The number of aliphatic imine (C=N–C) groups is 1. The summed E-state index contributed by atoms with van der Waals surface area (Å²) in [5, 5.41) is 15.7. The number of hydrogen-bond donors (Lipinski definition) is 1. The Morgan fingerprint density at radius 3 is 2.67 bits per heavy atom. The van der Waals surface area contributed by atoms with Gasteiger partial charge in [-0.1, -0.05) is 31.2 Å². The molecule has 7 nitrogen and oxygen atoms in total. The molecule has 0 atom stereocenters. The van der Waals surface area contributed by atoms with E-state index in [0.29, 0.717) is 29.7 Å². The van der Waals surface area contributed by atoms with Crippen LogP contribution in [0.15, 0.2) is 58.1 Å². The summed E-state index contributed by atoms with van der Waals surface area (Å²) in [6, 6.07) is 13.4. The summed E-state index contributed by atoms with van der Waals surface area (Å²) in [5.74, 6) is 0.990. The van der Waals surface area contributed by atoms with Gasteiger partial charge in [-0.15, -0.1) is 0 Å². The SMILES string of the molecule is CCCC1=NN2C(=N)/C(=C/c3ccccc3OCCOc3ccc(C)c(C)c3)C(=O)N=C2S1. The molecule has 8 heteroatoms. The maximum Gasteiger partial charge on any atom is 0.283 e. The summed E-state index contributed by atoms with van der Waals surface area (Å²) >= 11 is 1.35. The van der Waals surface area contributed by atoms with Gasteiger partial charge in [-0.3, -0.25) is 10.2 Å². The van der Waals surface area contributed by atoms with Crippen LogP contribution in [0.3, 0.4) is 0 Å². The first-order valence-corrected chi connectivity index (χ1v) is 11.7. The average Bonchev–Trinajstić information content (AvgIpc) is 3.20. The molecule has 0 spiro atoms. The second-order valence-corrected chi connectivity index (χ2v) is 8.79. The largest absolute Gasteiger partial charge is 0.490 e. The molecule has 0 unspecified atom stereocenters. The molecule has 2 heterocycles. The average molecular weight is 463 g/mol. The number of nitrogens with zero attached hydrogens (tertiary/aromatic N) is 3. The summed E-state index contributed by atoms with van der Waals surface area (Å²) in [4.78, 5) is 16.8. The maximum absolute atomic E-state index is 12.6. The first-order chi connectivity index (χ1) is 16.0. The number of carbonyl (C=O) groups is 1. The smallest absolute Gasteiger partial charge is 0.283 e. The van der Waals surface area contributed by atoms with Gasteiger partial charge in [0.05, 0.1) is 5.57 Å². The van der Waals surface area contributed by atoms with Gasteiger partial charge in [0.1, 0.15) is 29.8 Å². The lowest BCUT2D eigenvalue weighted by molar-refractivity contribution is -0.114. The number of fused-ring (bicyclic) bond motifs is 1. The molecule has 1 amide bonds. The minimum atomic E-state index is -0.445. The fraction of sp³-hybridized carbons (Fsp3) is 0.280. The van der Waals surface area contributed by atoms with Crippen molar-refractivity contribution in [3.63, 3.8) is 0 Å². The predicted molar refractivity (Wildman–Crippen MR) is 133 cm³/mol. The van der Waals surface area contributed by atoms with E-state index in [2.05, 4.69) is 30.9 Å². The monoisotopic (exact) mass is 462 g/mol. The quantitative estimate of drug-likeness (QED) is 0.431. The Hall–Kier alpha value is -3.39. The lowest BCUT2D eigenvalue weighted by Gasteiger charge is -2.20. The van der Waals surface area contributed by atoms with Crippen LogP contribution in [0.5, 0.6) is 11.5 Å². The van der Waals surface area contributed by atoms with Crippen LogP contribution in [0, 0.1) is 19.3 Å². The standard InChI is InChI=1S/C25H26N4O3S/c1-4-7-22-28-29-23(26)20(24(30)27-25(29)33-22)15-18-8-5-6-9-21(18)32-13-12-31-19-11-10-16(2)17(3)14-19/h5-6,8-11,14-15,26H,4,7,12-13H2,1-3H3/b20-15-,26-23?. The number of rotatable bonds is 8.